The average Bonchev–Trinajstić information content (AvgIpc) is 2.26. The molecule has 5 heteroatoms. The van der Waals surface area contributed by atoms with Crippen molar-refractivity contribution in [3.05, 3.63) is 23.8 Å². The Morgan fingerprint density at radius 3 is 2.42 bits per heavy atom. The van der Waals surface area contributed by atoms with Crippen LogP contribution in [0.5, 0.6) is 0 Å². The molecule has 0 saturated heterocycles. The molecule has 0 aliphatic heterocycles. The second-order valence-electron chi connectivity index (χ2n) is 5.43. The van der Waals surface area contributed by atoms with Gasteiger partial charge in [-0.15, -0.1) is 0 Å². The first-order chi connectivity index (χ1) is 8.81. The molecule has 1 aromatic carbocycles. The number of hydrogen-bond donors (Lipinski definition) is 3. The molecular formula is C14H24N4O. The third-order valence-corrected chi connectivity index (χ3v) is 3.00. The molecular weight excluding hydrogens is 240 g/mol. The van der Waals surface area contributed by atoms with Gasteiger partial charge in [-0.25, -0.2) is 0 Å². The molecule has 1 amide bonds. The lowest BCUT2D eigenvalue weighted by molar-refractivity contribution is 0.0917. The number of carbonyl (C=O) groups is 1. The fraction of sp³-hybridized carbons (Fsp3) is 0.500. The van der Waals surface area contributed by atoms with Crippen LogP contribution in [-0.4, -0.2) is 37.5 Å². The summed E-state index contributed by atoms with van der Waals surface area (Å²) in [4.78, 5) is 14.3. The van der Waals surface area contributed by atoms with Gasteiger partial charge in [-0.1, -0.05) is 13.8 Å². The van der Waals surface area contributed by atoms with E-state index in [0.29, 0.717) is 22.9 Å². The lowest BCUT2D eigenvalue weighted by atomic mass is 10.0. The molecule has 0 spiro atoms. The van der Waals surface area contributed by atoms with Gasteiger partial charge < -0.3 is 21.7 Å². The van der Waals surface area contributed by atoms with E-state index in [2.05, 4.69) is 24.1 Å². The van der Waals surface area contributed by atoms with Gasteiger partial charge in [-0.05, 0) is 38.2 Å². The van der Waals surface area contributed by atoms with Crippen molar-refractivity contribution < 1.29 is 4.79 Å². The molecule has 5 nitrogen and oxygen atoms in total. The molecule has 0 radical (unpaired) electrons. The zero-order valence-corrected chi connectivity index (χ0v) is 12.1. The number of amides is 1. The zero-order valence-electron chi connectivity index (χ0n) is 12.1. The Labute approximate surface area is 115 Å². The van der Waals surface area contributed by atoms with Crippen LogP contribution in [-0.2, 0) is 0 Å². The van der Waals surface area contributed by atoms with Gasteiger partial charge in [-0.3, -0.25) is 4.79 Å². The highest BCUT2D eigenvalue weighted by atomic mass is 16.1. The van der Waals surface area contributed by atoms with Crippen LogP contribution in [0, 0.1) is 5.92 Å². The van der Waals surface area contributed by atoms with E-state index in [1.807, 2.05) is 14.1 Å². The Kier molecular flexibility index (Phi) is 5.18. The normalized spacial score (nSPS) is 12.7. The van der Waals surface area contributed by atoms with E-state index in [1.54, 1.807) is 18.2 Å². The second kappa shape index (κ2) is 6.43. The molecule has 5 N–H and O–H groups in total. The Hall–Kier alpha value is -1.75. The molecule has 19 heavy (non-hydrogen) atoms. The summed E-state index contributed by atoms with van der Waals surface area (Å²) >= 11 is 0. The fourth-order valence-electron chi connectivity index (χ4n) is 1.85. The van der Waals surface area contributed by atoms with Crippen LogP contribution in [0.4, 0.5) is 11.4 Å². The molecule has 0 aliphatic carbocycles. The topological polar surface area (TPSA) is 84.4 Å². The Bertz CT molecular complexity index is 443. The lowest BCUT2D eigenvalue weighted by Crippen LogP contribution is -2.45. The summed E-state index contributed by atoms with van der Waals surface area (Å²) in [5.74, 6) is 0.194. The van der Waals surface area contributed by atoms with Crippen LogP contribution in [0.25, 0.3) is 0 Å². The predicted molar refractivity (Wildman–Crippen MR) is 79.9 cm³/mol. The van der Waals surface area contributed by atoms with Gasteiger partial charge in [0.05, 0.1) is 5.56 Å². The van der Waals surface area contributed by atoms with Gasteiger partial charge in [0, 0.05) is 24.0 Å². The molecule has 0 bridgehead atoms. The molecule has 0 aromatic heterocycles. The monoisotopic (exact) mass is 264 g/mol. The summed E-state index contributed by atoms with van der Waals surface area (Å²) in [6.07, 6.45) is 0. The van der Waals surface area contributed by atoms with E-state index in [0.717, 1.165) is 6.54 Å². The number of benzene rings is 1. The minimum atomic E-state index is -0.155. The van der Waals surface area contributed by atoms with Crippen LogP contribution < -0.4 is 16.8 Å². The summed E-state index contributed by atoms with van der Waals surface area (Å²) in [6.45, 7) is 4.96. The first kappa shape index (κ1) is 15.3. The summed E-state index contributed by atoms with van der Waals surface area (Å²) < 4.78 is 0. The Morgan fingerprint density at radius 2 is 1.95 bits per heavy atom. The first-order valence-corrected chi connectivity index (χ1v) is 6.42. The maximum Gasteiger partial charge on any atom is 0.253 e. The highest BCUT2D eigenvalue weighted by Gasteiger charge is 2.19. The summed E-state index contributed by atoms with van der Waals surface area (Å²) in [5, 5.41) is 3.02. The Balaban J connectivity index is 2.81. The maximum atomic E-state index is 12.2. The first-order valence-electron chi connectivity index (χ1n) is 6.42. The number of nitrogens with one attached hydrogen (secondary N) is 1. The van der Waals surface area contributed by atoms with Gasteiger partial charge in [-0.2, -0.15) is 0 Å². The molecule has 0 heterocycles. The highest BCUT2D eigenvalue weighted by Crippen LogP contribution is 2.16. The van der Waals surface area contributed by atoms with E-state index >= 15 is 0 Å². The van der Waals surface area contributed by atoms with Crippen LogP contribution in [0.15, 0.2) is 18.2 Å². The van der Waals surface area contributed by atoms with Crippen molar-refractivity contribution in [1.82, 2.24) is 10.2 Å². The van der Waals surface area contributed by atoms with E-state index < -0.39 is 0 Å². The largest absolute Gasteiger partial charge is 0.399 e. The highest BCUT2D eigenvalue weighted by molar-refractivity contribution is 5.99. The van der Waals surface area contributed by atoms with Crippen molar-refractivity contribution in [2.75, 3.05) is 32.1 Å². The van der Waals surface area contributed by atoms with Crippen molar-refractivity contribution >= 4 is 17.3 Å². The fourth-order valence-corrected chi connectivity index (χ4v) is 1.85. The van der Waals surface area contributed by atoms with Gasteiger partial charge in [0.15, 0.2) is 0 Å². The van der Waals surface area contributed by atoms with Crippen molar-refractivity contribution in [3.8, 4) is 0 Å². The number of likely N-dealkylation sites (N-methyl/N-ethyl adjacent to an activating group) is 1. The van der Waals surface area contributed by atoms with Gasteiger partial charge in [0.25, 0.3) is 5.91 Å². The molecule has 1 rings (SSSR count). The number of rotatable bonds is 5. The van der Waals surface area contributed by atoms with Gasteiger partial charge in [0.1, 0.15) is 0 Å². The minimum absolute atomic E-state index is 0.0828. The SMILES string of the molecule is CC(C)C(CN(C)C)NC(=O)c1ccc(N)cc1N. The van der Waals surface area contributed by atoms with Crippen LogP contribution in [0.3, 0.4) is 0 Å². The van der Waals surface area contributed by atoms with Gasteiger partial charge >= 0.3 is 0 Å². The number of carbonyl (C=O) groups excluding carboxylic acids is 1. The smallest absolute Gasteiger partial charge is 0.253 e. The van der Waals surface area contributed by atoms with E-state index in [-0.39, 0.29) is 11.9 Å². The second-order valence-corrected chi connectivity index (χ2v) is 5.43. The quantitative estimate of drug-likeness (QED) is 0.697. The zero-order chi connectivity index (χ0) is 14.6. The van der Waals surface area contributed by atoms with Crippen LogP contribution >= 0.6 is 0 Å². The van der Waals surface area contributed by atoms with Crippen LogP contribution in [0.2, 0.25) is 0 Å². The van der Waals surface area contributed by atoms with Crippen molar-refractivity contribution in [2.24, 2.45) is 5.92 Å². The number of anilines is 2. The molecule has 0 aliphatic rings. The summed E-state index contributed by atoms with van der Waals surface area (Å²) in [7, 11) is 3.97. The van der Waals surface area contributed by atoms with Crippen molar-refractivity contribution in [3.63, 3.8) is 0 Å². The third kappa shape index (κ3) is 4.44. The molecule has 106 valence electrons. The summed E-state index contributed by atoms with van der Waals surface area (Å²) in [5.41, 5.74) is 12.9. The van der Waals surface area contributed by atoms with Crippen molar-refractivity contribution in [2.45, 2.75) is 19.9 Å². The Morgan fingerprint density at radius 1 is 1.32 bits per heavy atom. The standard InChI is InChI=1S/C14H24N4O/c1-9(2)13(8-18(3)4)17-14(19)11-6-5-10(15)7-12(11)16/h5-7,9,13H,8,15-16H2,1-4H3,(H,17,19). The van der Waals surface area contributed by atoms with Crippen LogP contribution in [0.1, 0.15) is 24.2 Å². The number of nitrogens with two attached hydrogens (primary N) is 2. The number of hydrogen-bond acceptors (Lipinski definition) is 4. The maximum absolute atomic E-state index is 12.2. The molecule has 0 saturated carbocycles. The average molecular weight is 264 g/mol. The number of nitrogen functional groups attached to an aromatic ring is 2. The summed E-state index contributed by atoms with van der Waals surface area (Å²) in [6, 6.07) is 5.03. The molecule has 1 unspecified atom stereocenters. The third-order valence-electron chi connectivity index (χ3n) is 3.00. The number of nitrogens with zero attached hydrogens (tertiary/aromatic N) is 1. The molecule has 1 atom stereocenters. The molecule has 1 aromatic rings. The predicted octanol–water partition coefficient (Wildman–Crippen LogP) is 1.17. The lowest BCUT2D eigenvalue weighted by Gasteiger charge is -2.25. The van der Waals surface area contributed by atoms with Gasteiger partial charge in [0.2, 0.25) is 0 Å². The van der Waals surface area contributed by atoms with E-state index in [9.17, 15) is 4.79 Å². The molecule has 0 fully saturated rings. The van der Waals surface area contributed by atoms with E-state index in [1.165, 1.54) is 0 Å². The van der Waals surface area contributed by atoms with E-state index in [4.69, 9.17) is 11.5 Å². The minimum Gasteiger partial charge on any atom is -0.399 e. The van der Waals surface area contributed by atoms with Crippen molar-refractivity contribution in [1.29, 1.82) is 0 Å².